The van der Waals surface area contributed by atoms with Crippen LogP contribution in [0.25, 0.3) is 0 Å². The molecule has 0 spiro atoms. The zero-order chi connectivity index (χ0) is 9.84. The minimum absolute atomic E-state index is 0.601. The van der Waals surface area contributed by atoms with E-state index in [2.05, 4.69) is 44.3 Å². The standard InChI is InChI=1S/C12H19N/c1-9-5-6-12(7-10(9)2)11(3)8-13-4/h5-7,11,13H,8H2,1-4H3. The van der Waals surface area contributed by atoms with Gasteiger partial charge < -0.3 is 5.32 Å². The van der Waals surface area contributed by atoms with Crippen LogP contribution in [0.5, 0.6) is 0 Å². The summed E-state index contributed by atoms with van der Waals surface area (Å²) in [6, 6.07) is 6.72. The van der Waals surface area contributed by atoms with E-state index in [-0.39, 0.29) is 0 Å². The highest BCUT2D eigenvalue weighted by Crippen LogP contribution is 2.17. The van der Waals surface area contributed by atoms with Crippen molar-refractivity contribution in [3.8, 4) is 0 Å². The molecule has 0 fully saturated rings. The van der Waals surface area contributed by atoms with Gasteiger partial charge in [0.25, 0.3) is 0 Å². The van der Waals surface area contributed by atoms with Crippen molar-refractivity contribution in [1.82, 2.24) is 5.32 Å². The second-order valence-corrected chi connectivity index (χ2v) is 3.80. The molecule has 1 heteroatoms. The van der Waals surface area contributed by atoms with E-state index in [0.717, 1.165) is 6.54 Å². The summed E-state index contributed by atoms with van der Waals surface area (Å²) in [5, 5.41) is 3.20. The molecule has 0 saturated carbocycles. The van der Waals surface area contributed by atoms with Crippen LogP contribution in [0.4, 0.5) is 0 Å². The van der Waals surface area contributed by atoms with Crippen molar-refractivity contribution in [2.24, 2.45) is 0 Å². The van der Waals surface area contributed by atoms with E-state index in [4.69, 9.17) is 0 Å². The molecule has 0 heterocycles. The maximum absolute atomic E-state index is 3.20. The summed E-state index contributed by atoms with van der Waals surface area (Å²) in [6.45, 7) is 7.62. The van der Waals surface area contributed by atoms with E-state index in [1.807, 2.05) is 7.05 Å². The lowest BCUT2D eigenvalue weighted by Gasteiger charge is -2.12. The van der Waals surface area contributed by atoms with Crippen molar-refractivity contribution in [2.75, 3.05) is 13.6 Å². The van der Waals surface area contributed by atoms with Crippen LogP contribution in [0, 0.1) is 13.8 Å². The lowest BCUT2D eigenvalue weighted by molar-refractivity contribution is 0.677. The van der Waals surface area contributed by atoms with Gasteiger partial charge in [-0.15, -0.1) is 0 Å². The Morgan fingerprint density at radius 1 is 1.23 bits per heavy atom. The van der Waals surface area contributed by atoms with Crippen LogP contribution in [-0.2, 0) is 0 Å². The van der Waals surface area contributed by atoms with Gasteiger partial charge in [0.2, 0.25) is 0 Å². The van der Waals surface area contributed by atoms with Crippen LogP contribution in [0.2, 0.25) is 0 Å². The molecule has 0 radical (unpaired) electrons. The minimum Gasteiger partial charge on any atom is -0.319 e. The average Bonchev–Trinajstić information content (AvgIpc) is 2.10. The summed E-state index contributed by atoms with van der Waals surface area (Å²) < 4.78 is 0. The maximum atomic E-state index is 3.20. The molecule has 72 valence electrons. The number of hydrogen-bond acceptors (Lipinski definition) is 1. The molecule has 0 aliphatic rings. The average molecular weight is 177 g/mol. The van der Waals surface area contributed by atoms with E-state index >= 15 is 0 Å². The Morgan fingerprint density at radius 3 is 2.46 bits per heavy atom. The molecule has 1 aromatic rings. The molecule has 1 N–H and O–H groups in total. The molecular formula is C12H19N. The first kappa shape index (κ1) is 10.3. The lowest BCUT2D eigenvalue weighted by Crippen LogP contribution is -2.14. The number of hydrogen-bond donors (Lipinski definition) is 1. The van der Waals surface area contributed by atoms with Gasteiger partial charge in [-0.05, 0) is 43.5 Å². The number of nitrogens with one attached hydrogen (secondary N) is 1. The Hall–Kier alpha value is -0.820. The summed E-state index contributed by atoms with van der Waals surface area (Å²) >= 11 is 0. The number of benzene rings is 1. The molecule has 1 nitrogen and oxygen atoms in total. The quantitative estimate of drug-likeness (QED) is 0.748. The van der Waals surface area contributed by atoms with Crippen LogP contribution in [0.1, 0.15) is 29.5 Å². The highest BCUT2D eigenvalue weighted by molar-refractivity contribution is 5.31. The second-order valence-electron chi connectivity index (χ2n) is 3.80. The Morgan fingerprint density at radius 2 is 1.92 bits per heavy atom. The van der Waals surface area contributed by atoms with Crippen LogP contribution in [-0.4, -0.2) is 13.6 Å². The third kappa shape index (κ3) is 2.56. The molecule has 1 atom stereocenters. The Kier molecular flexibility index (Phi) is 3.49. The first-order chi connectivity index (χ1) is 6.15. The van der Waals surface area contributed by atoms with Gasteiger partial charge in [-0.25, -0.2) is 0 Å². The summed E-state index contributed by atoms with van der Waals surface area (Å²) in [6.07, 6.45) is 0. The summed E-state index contributed by atoms with van der Waals surface area (Å²) in [4.78, 5) is 0. The van der Waals surface area contributed by atoms with Crippen molar-refractivity contribution < 1.29 is 0 Å². The summed E-state index contributed by atoms with van der Waals surface area (Å²) in [5.41, 5.74) is 4.19. The van der Waals surface area contributed by atoms with Crippen LogP contribution < -0.4 is 5.32 Å². The lowest BCUT2D eigenvalue weighted by atomic mass is 9.97. The molecule has 1 rings (SSSR count). The monoisotopic (exact) mass is 177 g/mol. The molecule has 1 unspecified atom stereocenters. The predicted octanol–water partition coefficient (Wildman–Crippen LogP) is 2.63. The smallest absolute Gasteiger partial charge is 0.00144 e. The molecule has 0 aromatic heterocycles. The first-order valence-electron chi connectivity index (χ1n) is 4.87. The number of aryl methyl sites for hydroxylation is 2. The fourth-order valence-corrected chi connectivity index (χ4v) is 1.50. The summed E-state index contributed by atoms with van der Waals surface area (Å²) in [5.74, 6) is 0.601. The Bertz CT molecular complexity index is 278. The van der Waals surface area contributed by atoms with Gasteiger partial charge in [-0.2, -0.15) is 0 Å². The van der Waals surface area contributed by atoms with E-state index in [0.29, 0.717) is 5.92 Å². The van der Waals surface area contributed by atoms with Gasteiger partial charge in [0.1, 0.15) is 0 Å². The maximum Gasteiger partial charge on any atom is 0.00144 e. The molecular weight excluding hydrogens is 158 g/mol. The van der Waals surface area contributed by atoms with Crippen molar-refractivity contribution >= 4 is 0 Å². The predicted molar refractivity (Wildman–Crippen MR) is 58.3 cm³/mol. The zero-order valence-corrected chi connectivity index (χ0v) is 9.02. The van der Waals surface area contributed by atoms with Gasteiger partial charge >= 0.3 is 0 Å². The molecule has 0 amide bonds. The van der Waals surface area contributed by atoms with Crippen LogP contribution >= 0.6 is 0 Å². The first-order valence-corrected chi connectivity index (χ1v) is 4.87. The van der Waals surface area contributed by atoms with Crippen LogP contribution in [0.15, 0.2) is 18.2 Å². The molecule has 0 bridgehead atoms. The van der Waals surface area contributed by atoms with Gasteiger partial charge in [-0.3, -0.25) is 0 Å². The van der Waals surface area contributed by atoms with Crippen molar-refractivity contribution in [1.29, 1.82) is 0 Å². The third-order valence-corrected chi connectivity index (χ3v) is 2.61. The highest BCUT2D eigenvalue weighted by Gasteiger charge is 2.04. The molecule has 0 aliphatic carbocycles. The van der Waals surface area contributed by atoms with Gasteiger partial charge in [0.05, 0.1) is 0 Å². The third-order valence-electron chi connectivity index (χ3n) is 2.61. The van der Waals surface area contributed by atoms with E-state index in [1.54, 1.807) is 0 Å². The topological polar surface area (TPSA) is 12.0 Å². The normalized spacial score (nSPS) is 12.9. The number of rotatable bonds is 3. The number of likely N-dealkylation sites (N-methyl/N-ethyl adjacent to an activating group) is 1. The van der Waals surface area contributed by atoms with Crippen molar-refractivity contribution in [3.05, 3.63) is 34.9 Å². The van der Waals surface area contributed by atoms with Gasteiger partial charge in [-0.1, -0.05) is 25.1 Å². The Balaban J connectivity index is 2.84. The zero-order valence-electron chi connectivity index (χ0n) is 9.02. The SMILES string of the molecule is CNCC(C)c1ccc(C)c(C)c1. The van der Waals surface area contributed by atoms with Gasteiger partial charge in [0.15, 0.2) is 0 Å². The van der Waals surface area contributed by atoms with E-state index in [1.165, 1.54) is 16.7 Å². The van der Waals surface area contributed by atoms with E-state index in [9.17, 15) is 0 Å². The van der Waals surface area contributed by atoms with Gasteiger partial charge in [0, 0.05) is 6.54 Å². The molecule has 0 aliphatic heterocycles. The molecule has 1 aromatic carbocycles. The second kappa shape index (κ2) is 4.43. The summed E-state index contributed by atoms with van der Waals surface area (Å²) in [7, 11) is 2.00. The fraction of sp³-hybridized carbons (Fsp3) is 0.500. The van der Waals surface area contributed by atoms with Crippen LogP contribution in [0.3, 0.4) is 0 Å². The van der Waals surface area contributed by atoms with Crippen molar-refractivity contribution in [3.63, 3.8) is 0 Å². The molecule has 0 saturated heterocycles. The van der Waals surface area contributed by atoms with Crippen molar-refractivity contribution in [2.45, 2.75) is 26.7 Å². The van der Waals surface area contributed by atoms with E-state index < -0.39 is 0 Å². The Labute approximate surface area is 81.2 Å². The highest BCUT2D eigenvalue weighted by atomic mass is 14.8. The molecule has 13 heavy (non-hydrogen) atoms. The minimum atomic E-state index is 0.601. The fourth-order valence-electron chi connectivity index (χ4n) is 1.50. The largest absolute Gasteiger partial charge is 0.319 e.